The molecule has 1 aromatic heterocycles. The van der Waals surface area contributed by atoms with Crippen molar-refractivity contribution in [2.24, 2.45) is 5.92 Å². The standard InChI is InChI=1S/C32H39N5/c1-37(2)31-29-15-9-10-16-30(29)35-32(36-31)34-28-19-17-25(18-20-28)22-33-23-27(26-13-7-4-8-14-26)21-24-11-5-3-6-12-24/h3-16,25,27-28,33H,17-23H2,1-2H3,(H,34,35,36)/t25-,27?,28+. The van der Waals surface area contributed by atoms with E-state index in [0.717, 1.165) is 60.9 Å². The Hall–Kier alpha value is -3.44. The number of hydrogen-bond donors (Lipinski definition) is 2. The first-order chi connectivity index (χ1) is 18.2. The predicted octanol–water partition coefficient (Wildman–Crippen LogP) is 6.28. The Balaban J connectivity index is 1.13. The molecule has 0 bridgehead atoms. The summed E-state index contributed by atoms with van der Waals surface area (Å²) < 4.78 is 0. The summed E-state index contributed by atoms with van der Waals surface area (Å²) in [6, 6.07) is 30.5. The zero-order valence-corrected chi connectivity index (χ0v) is 22.1. The summed E-state index contributed by atoms with van der Waals surface area (Å²) in [6.45, 7) is 2.09. The molecule has 5 nitrogen and oxygen atoms in total. The normalized spacial score (nSPS) is 18.4. The minimum atomic E-state index is 0.433. The molecule has 5 heteroatoms. The monoisotopic (exact) mass is 493 g/mol. The van der Waals surface area contributed by atoms with E-state index in [1.807, 2.05) is 26.2 Å². The Bertz CT molecular complexity index is 1250. The maximum absolute atomic E-state index is 4.84. The van der Waals surface area contributed by atoms with Crippen molar-refractivity contribution < 1.29 is 0 Å². The average Bonchev–Trinajstić information content (AvgIpc) is 2.94. The van der Waals surface area contributed by atoms with Crippen LogP contribution in [0.2, 0.25) is 0 Å². The second-order valence-corrected chi connectivity index (χ2v) is 10.6. The van der Waals surface area contributed by atoms with Crippen molar-refractivity contribution in [2.75, 3.05) is 37.4 Å². The number of hydrogen-bond acceptors (Lipinski definition) is 5. The van der Waals surface area contributed by atoms with Crippen LogP contribution < -0.4 is 15.5 Å². The fraction of sp³-hybridized carbons (Fsp3) is 0.375. The van der Waals surface area contributed by atoms with E-state index in [9.17, 15) is 0 Å². The second-order valence-electron chi connectivity index (χ2n) is 10.6. The highest BCUT2D eigenvalue weighted by Gasteiger charge is 2.23. The van der Waals surface area contributed by atoms with Crippen LogP contribution in [0.5, 0.6) is 0 Å². The summed E-state index contributed by atoms with van der Waals surface area (Å²) >= 11 is 0. The minimum absolute atomic E-state index is 0.433. The fourth-order valence-electron chi connectivity index (χ4n) is 5.55. The Morgan fingerprint density at radius 1 is 0.811 bits per heavy atom. The van der Waals surface area contributed by atoms with Gasteiger partial charge in [0, 0.05) is 38.0 Å². The molecular weight excluding hydrogens is 454 g/mol. The lowest BCUT2D eigenvalue weighted by molar-refractivity contribution is 0.321. The zero-order valence-electron chi connectivity index (χ0n) is 22.1. The van der Waals surface area contributed by atoms with Gasteiger partial charge in [-0.05, 0) is 67.8 Å². The number of fused-ring (bicyclic) bond motifs is 1. The van der Waals surface area contributed by atoms with Gasteiger partial charge in [-0.25, -0.2) is 4.98 Å². The van der Waals surface area contributed by atoms with E-state index < -0.39 is 0 Å². The number of aromatic nitrogens is 2. The summed E-state index contributed by atoms with van der Waals surface area (Å²) in [5, 5.41) is 8.56. The quantitative estimate of drug-likeness (QED) is 0.272. The van der Waals surface area contributed by atoms with Crippen LogP contribution in [-0.2, 0) is 6.42 Å². The molecule has 37 heavy (non-hydrogen) atoms. The SMILES string of the molecule is CN(C)c1nc(N[C@H]2CC[C@@H](CNCC(Cc3ccccc3)c3ccccc3)CC2)nc2ccccc12. The van der Waals surface area contributed by atoms with Crippen molar-refractivity contribution in [3.63, 3.8) is 0 Å². The summed E-state index contributed by atoms with van der Waals surface area (Å²) in [4.78, 5) is 11.7. The van der Waals surface area contributed by atoms with Crippen molar-refractivity contribution in [1.29, 1.82) is 0 Å². The van der Waals surface area contributed by atoms with Gasteiger partial charge in [-0.3, -0.25) is 0 Å². The Labute approximate surface area is 221 Å². The first-order valence-electron chi connectivity index (χ1n) is 13.7. The van der Waals surface area contributed by atoms with E-state index in [1.165, 1.54) is 24.0 Å². The Morgan fingerprint density at radius 2 is 1.49 bits per heavy atom. The molecule has 2 N–H and O–H groups in total. The number of nitrogens with one attached hydrogen (secondary N) is 2. The smallest absolute Gasteiger partial charge is 0.225 e. The van der Waals surface area contributed by atoms with Gasteiger partial charge in [0.15, 0.2) is 0 Å². The molecular formula is C32H39N5. The molecule has 4 aromatic rings. The van der Waals surface area contributed by atoms with Crippen molar-refractivity contribution >= 4 is 22.7 Å². The molecule has 1 fully saturated rings. The summed E-state index contributed by atoms with van der Waals surface area (Å²) in [5.41, 5.74) is 3.81. The lowest BCUT2D eigenvalue weighted by Gasteiger charge is -2.30. The molecule has 0 radical (unpaired) electrons. The van der Waals surface area contributed by atoms with Crippen LogP contribution in [0.3, 0.4) is 0 Å². The number of para-hydroxylation sites is 1. The third kappa shape index (κ3) is 6.66. The molecule has 0 spiro atoms. The van der Waals surface area contributed by atoms with Crippen molar-refractivity contribution in [3.8, 4) is 0 Å². The highest BCUT2D eigenvalue weighted by molar-refractivity contribution is 5.90. The summed E-state index contributed by atoms with van der Waals surface area (Å²) in [7, 11) is 4.08. The number of benzene rings is 3. The third-order valence-electron chi connectivity index (χ3n) is 7.61. The van der Waals surface area contributed by atoms with Gasteiger partial charge in [0.25, 0.3) is 0 Å². The zero-order chi connectivity index (χ0) is 25.5. The molecule has 1 aliphatic rings. The first-order valence-corrected chi connectivity index (χ1v) is 13.7. The van der Waals surface area contributed by atoms with Crippen LogP contribution in [0.1, 0.15) is 42.7 Å². The van der Waals surface area contributed by atoms with Gasteiger partial charge in [0.2, 0.25) is 5.95 Å². The van der Waals surface area contributed by atoms with E-state index in [2.05, 4.69) is 88.3 Å². The van der Waals surface area contributed by atoms with E-state index in [4.69, 9.17) is 9.97 Å². The lowest BCUT2D eigenvalue weighted by Crippen LogP contribution is -2.33. The first kappa shape index (κ1) is 25.2. The van der Waals surface area contributed by atoms with Gasteiger partial charge in [-0.15, -0.1) is 0 Å². The van der Waals surface area contributed by atoms with E-state index in [-0.39, 0.29) is 0 Å². The van der Waals surface area contributed by atoms with Gasteiger partial charge in [0.05, 0.1) is 5.52 Å². The topological polar surface area (TPSA) is 53.1 Å². The molecule has 192 valence electrons. The molecule has 1 unspecified atom stereocenters. The molecule has 1 atom stereocenters. The van der Waals surface area contributed by atoms with Crippen LogP contribution in [0.4, 0.5) is 11.8 Å². The number of anilines is 2. The van der Waals surface area contributed by atoms with Crippen LogP contribution >= 0.6 is 0 Å². The van der Waals surface area contributed by atoms with E-state index in [1.54, 1.807) is 0 Å². The molecule has 0 aliphatic heterocycles. The van der Waals surface area contributed by atoms with Crippen molar-refractivity contribution in [1.82, 2.24) is 15.3 Å². The highest BCUT2D eigenvalue weighted by Crippen LogP contribution is 2.28. The van der Waals surface area contributed by atoms with Gasteiger partial charge in [0.1, 0.15) is 5.82 Å². The van der Waals surface area contributed by atoms with Crippen LogP contribution in [0, 0.1) is 5.92 Å². The van der Waals surface area contributed by atoms with Crippen LogP contribution in [0.25, 0.3) is 10.9 Å². The van der Waals surface area contributed by atoms with Gasteiger partial charge in [-0.2, -0.15) is 4.98 Å². The number of nitrogens with zero attached hydrogens (tertiary/aromatic N) is 3. The Morgan fingerprint density at radius 3 is 2.22 bits per heavy atom. The summed E-state index contributed by atoms with van der Waals surface area (Å²) in [6.07, 6.45) is 5.84. The third-order valence-corrected chi connectivity index (χ3v) is 7.61. The summed E-state index contributed by atoms with van der Waals surface area (Å²) in [5.74, 6) is 2.92. The van der Waals surface area contributed by atoms with Gasteiger partial charge < -0.3 is 15.5 Å². The largest absolute Gasteiger partial charge is 0.362 e. The van der Waals surface area contributed by atoms with Crippen molar-refractivity contribution in [3.05, 3.63) is 96.1 Å². The maximum Gasteiger partial charge on any atom is 0.225 e. The molecule has 1 saturated carbocycles. The van der Waals surface area contributed by atoms with Crippen molar-refractivity contribution in [2.45, 2.75) is 44.1 Å². The second kappa shape index (κ2) is 12.2. The van der Waals surface area contributed by atoms with Crippen LogP contribution in [-0.4, -0.2) is 43.2 Å². The van der Waals surface area contributed by atoms with E-state index in [0.29, 0.717) is 12.0 Å². The molecule has 5 rings (SSSR count). The van der Waals surface area contributed by atoms with E-state index >= 15 is 0 Å². The van der Waals surface area contributed by atoms with Gasteiger partial charge in [-0.1, -0.05) is 72.8 Å². The molecule has 3 aromatic carbocycles. The minimum Gasteiger partial charge on any atom is -0.362 e. The molecule has 0 amide bonds. The highest BCUT2D eigenvalue weighted by atomic mass is 15.2. The predicted molar refractivity (Wildman–Crippen MR) is 155 cm³/mol. The van der Waals surface area contributed by atoms with Gasteiger partial charge >= 0.3 is 0 Å². The average molecular weight is 494 g/mol. The number of rotatable bonds is 10. The molecule has 1 heterocycles. The molecule has 0 saturated heterocycles. The Kier molecular flexibility index (Phi) is 8.32. The van der Waals surface area contributed by atoms with Crippen LogP contribution in [0.15, 0.2) is 84.9 Å². The lowest BCUT2D eigenvalue weighted by atomic mass is 9.85. The molecule has 1 aliphatic carbocycles. The fourth-order valence-corrected chi connectivity index (χ4v) is 5.55. The maximum atomic E-state index is 4.84.